The van der Waals surface area contributed by atoms with E-state index < -0.39 is 8.80 Å². The zero-order valence-corrected chi connectivity index (χ0v) is 16.3. The Hall–Kier alpha value is -1.72. The van der Waals surface area contributed by atoms with Gasteiger partial charge in [0.1, 0.15) is 0 Å². The normalized spacial score (nSPS) is 15.7. The maximum atomic E-state index is 6.45. The molecule has 0 saturated heterocycles. The van der Waals surface area contributed by atoms with Gasteiger partial charge in [-0.1, -0.05) is 86.5 Å². The van der Waals surface area contributed by atoms with Crippen molar-refractivity contribution in [3.63, 3.8) is 0 Å². The van der Waals surface area contributed by atoms with E-state index in [1.54, 1.807) is 5.70 Å². The topological polar surface area (TPSA) is 27.7 Å². The van der Waals surface area contributed by atoms with Gasteiger partial charge in [-0.05, 0) is 29.7 Å². The van der Waals surface area contributed by atoms with Crippen LogP contribution in [0.5, 0.6) is 0 Å². The van der Waals surface area contributed by atoms with Gasteiger partial charge in [0, 0.05) is 6.10 Å². The third-order valence-corrected chi connectivity index (χ3v) is 6.95. The molecule has 0 radical (unpaired) electrons. The minimum absolute atomic E-state index is 0.208. The van der Waals surface area contributed by atoms with Crippen LogP contribution >= 0.6 is 0 Å². The van der Waals surface area contributed by atoms with Gasteiger partial charge in [-0.15, -0.1) is 0 Å². The largest absolute Gasteiger partial charge is 0.529 e. The summed E-state index contributed by atoms with van der Waals surface area (Å²) in [5.41, 5.74) is 4.01. The lowest BCUT2D eigenvalue weighted by Crippen LogP contribution is -2.47. The number of hydrogen-bond donors (Lipinski definition) is 0. The predicted molar refractivity (Wildman–Crippen MR) is 106 cm³/mol. The first kappa shape index (κ1) is 19.0. The van der Waals surface area contributed by atoms with Crippen LogP contribution in [-0.4, -0.2) is 14.9 Å². The van der Waals surface area contributed by atoms with Crippen LogP contribution in [0.25, 0.3) is 0 Å². The zero-order chi connectivity index (χ0) is 18.1. The number of hydrogen-bond acceptors (Lipinski definition) is 3. The molecule has 2 aromatic rings. The summed E-state index contributed by atoms with van der Waals surface area (Å²) in [7, 11) is -2.96. The third-order valence-electron chi connectivity index (χ3n) is 4.70. The van der Waals surface area contributed by atoms with E-state index >= 15 is 0 Å². The van der Waals surface area contributed by atoms with Gasteiger partial charge in [0.2, 0.25) is 0 Å². The van der Waals surface area contributed by atoms with Gasteiger partial charge in [-0.25, -0.2) is 0 Å². The molecular weight excluding hydrogens is 340 g/mol. The Labute approximate surface area is 158 Å². The van der Waals surface area contributed by atoms with Crippen LogP contribution in [0.3, 0.4) is 0 Å². The van der Waals surface area contributed by atoms with Crippen molar-refractivity contribution in [3.8, 4) is 0 Å². The minimum Gasteiger partial charge on any atom is -0.367 e. The van der Waals surface area contributed by atoms with Crippen LogP contribution in [0, 0.1) is 0 Å². The first-order valence-electron chi connectivity index (χ1n) is 9.47. The summed E-state index contributed by atoms with van der Waals surface area (Å²) in [5.74, 6) is 0. The summed E-state index contributed by atoms with van der Waals surface area (Å²) in [5, 5.41) is 0. The molecule has 0 N–H and O–H groups in total. The molecule has 4 heteroatoms. The Morgan fingerprint density at radius 1 is 0.808 bits per heavy atom. The molecule has 138 valence electrons. The highest BCUT2D eigenvalue weighted by Crippen LogP contribution is 2.26. The molecule has 0 aliphatic heterocycles. The molecule has 1 fully saturated rings. The summed E-state index contributed by atoms with van der Waals surface area (Å²) in [4.78, 5) is 0. The molecule has 0 bridgehead atoms. The molecule has 0 atom stereocenters. The Kier molecular flexibility index (Phi) is 7.20. The van der Waals surface area contributed by atoms with E-state index in [1.165, 1.54) is 19.3 Å². The average Bonchev–Trinajstić information content (AvgIpc) is 2.72. The lowest BCUT2D eigenvalue weighted by atomic mass is 9.98. The number of benzene rings is 2. The standard InChI is InChI=1S/C22H28O3Si/c1-2-26(25-22-16-10-5-11-17-22,23-18-20-12-6-3-7-13-20)24-19-21-14-8-4-9-15-21/h2-4,6-9,12-15,22H,1,5,10-11,16-19H2. The summed E-state index contributed by atoms with van der Waals surface area (Å²) < 4.78 is 19.0. The lowest BCUT2D eigenvalue weighted by Gasteiger charge is -2.33. The fourth-order valence-corrected chi connectivity index (χ4v) is 5.19. The fourth-order valence-electron chi connectivity index (χ4n) is 3.21. The van der Waals surface area contributed by atoms with E-state index in [0.29, 0.717) is 13.2 Å². The van der Waals surface area contributed by atoms with Crippen LogP contribution < -0.4 is 0 Å². The molecule has 3 rings (SSSR count). The van der Waals surface area contributed by atoms with E-state index in [2.05, 4.69) is 30.8 Å². The van der Waals surface area contributed by atoms with E-state index in [9.17, 15) is 0 Å². The summed E-state index contributed by atoms with van der Waals surface area (Å²) in [6.07, 6.45) is 6.07. The van der Waals surface area contributed by atoms with Gasteiger partial charge < -0.3 is 13.3 Å². The molecule has 0 unspecified atom stereocenters. The highest BCUT2D eigenvalue weighted by Gasteiger charge is 2.41. The minimum atomic E-state index is -2.96. The molecule has 1 aliphatic rings. The van der Waals surface area contributed by atoms with Crippen LogP contribution in [-0.2, 0) is 26.5 Å². The molecule has 0 aromatic heterocycles. The monoisotopic (exact) mass is 368 g/mol. The number of rotatable bonds is 9. The Balaban J connectivity index is 1.69. The Bertz CT molecular complexity index is 610. The third kappa shape index (κ3) is 5.64. The maximum absolute atomic E-state index is 6.45. The van der Waals surface area contributed by atoms with Gasteiger partial charge in [-0.2, -0.15) is 0 Å². The molecule has 2 aromatic carbocycles. The van der Waals surface area contributed by atoms with Gasteiger partial charge in [0.05, 0.1) is 13.2 Å². The van der Waals surface area contributed by atoms with Crippen molar-refractivity contribution in [2.75, 3.05) is 0 Å². The van der Waals surface area contributed by atoms with Crippen molar-refractivity contribution in [1.82, 2.24) is 0 Å². The predicted octanol–water partition coefficient (Wildman–Crippen LogP) is 5.43. The zero-order valence-electron chi connectivity index (χ0n) is 15.3. The molecule has 0 spiro atoms. The summed E-state index contributed by atoms with van der Waals surface area (Å²) in [6.45, 7) is 4.96. The second kappa shape index (κ2) is 9.83. The van der Waals surface area contributed by atoms with Crippen molar-refractivity contribution in [2.45, 2.75) is 51.4 Å². The highest BCUT2D eigenvalue weighted by molar-refractivity contribution is 6.66. The average molecular weight is 369 g/mol. The van der Waals surface area contributed by atoms with Crippen LogP contribution in [0.15, 0.2) is 72.9 Å². The SMILES string of the molecule is C=C[Si](OCc1ccccc1)(OCc1ccccc1)OC1CCCCC1. The fraction of sp³-hybridized carbons (Fsp3) is 0.364. The molecule has 0 amide bonds. The molecule has 0 heterocycles. The molecule has 1 aliphatic carbocycles. The van der Waals surface area contributed by atoms with Crippen molar-refractivity contribution in [3.05, 3.63) is 84.1 Å². The molecule has 26 heavy (non-hydrogen) atoms. The lowest BCUT2D eigenvalue weighted by molar-refractivity contribution is 0.0159. The quantitative estimate of drug-likeness (QED) is 0.552. The smallest absolute Gasteiger partial charge is 0.367 e. The van der Waals surface area contributed by atoms with Crippen LogP contribution in [0.1, 0.15) is 43.2 Å². The highest BCUT2D eigenvalue weighted by atomic mass is 28.4. The van der Waals surface area contributed by atoms with E-state index in [0.717, 1.165) is 24.0 Å². The van der Waals surface area contributed by atoms with E-state index in [-0.39, 0.29) is 6.10 Å². The Morgan fingerprint density at radius 2 is 1.31 bits per heavy atom. The molecule has 3 nitrogen and oxygen atoms in total. The molecule has 1 saturated carbocycles. The van der Waals surface area contributed by atoms with Crippen LogP contribution in [0.4, 0.5) is 0 Å². The van der Waals surface area contributed by atoms with Crippen molar-refractivity contribution < 1.29 is 13.3 Å². The summed E-state index contributed by atoms with van der Waals surface area (Å²) in [6, 6.07) is 20.3. The second-order valence-corrected chi connectivity index (χ2v) is 9.16. The van der Waals surface area contributed by atoms with Gasteiger partial charge in [0.15, 0.2) is 0 Å². The van der Waals surface area contributed by atoms with Gasteiger partial charge in [0.25, 0.3) is 0 Å². The summed E-state index contributed by atoms with van der Waals surface area (Å²) >= 11 is 0. The second-order valence-electron chi connectivity index (χ2n) is 6.73. The van der Waals surface area contributed by atoms with E-state index in [1.807, 2.05) is 36.4 Å². The van der Waals surface area contributed by atoms with E-state index in [4.69, 9.17) is 13.3 Å². The first-order valence-corrected chi connectivity index (χ1v) is 11.3. The molecular formula is C22H28O3Si. The Morgan fingerprint density at radius 3 is 1.77 bits per heavy atom. The van der Waals surface area contributed by atoms with Crippen molar-refractivity contribution in [2.24, 2.45) is 0 Å². The van der Waals surface area contributed by atoms with Crippen LogP contribution in [0.2, 0.25) is 0 Å². The van der Waals surface area contributed by atoms with Crippen molar-refractivity contribution in [1.29, 1.82) is 0 Å². The van der Waals surface area contributed by atoms with Crippen molar-refractivity contribution >= 4 is 8.80 Å². The van der Waals surface area contributed by atoms with Gasteiger partial charge >= 0.3 is 8.80 Å². The maximum Gasteiger partial charge on any atom is 0.529 e. The first-order chi connectivity index (χ1) is 12.8. The van der Waals surface area contributed by atoms with Gasteiger partial charge in [-0.3, -0.25) is 0 Å².